The van der Waals surface area contributed by atoms with Gasteiger partial charge in [-0.05, 0) is 44.1 Å². The van der Waals surface area contributed by atoms with Crippen LogP contribution >= 0.6 is 0 Å². The summed E-state index contributed by atoms with van der Waals surface area (Å²) in [5.41, 5.74) is 3.04. The van der Waals surface area contributed by atoms with Gasteiger partial charge in [0, 0.05) is 12.1 Å². The molecule has 1 aromatic carbocycles. The van der Waals surface area contributed by atoms with E-state index in [1.807, 2.05) is 0 Å². The monoisotopic (exact) mass is 260 g/mol. The Bertz CT molecular complexity index is 389. The largest absolute Gasteiger partial charge is 0.309 e. The predicted octanol–water partition coefficient (Wildman–Crippen LogP) is 3.38. The molecular weight excluding hydrogens is 232 g/mol. The van der Waals surface area contributed by atoms with Crippen LogP contribution in [0.4, 0.5) is 0 Å². The summed E-state index contributed by atoms with van der Waals surface area (Å²) in [4.78, 5) is 2.56. The number of benzene rings is 1. The van der Waals surface area contributed by atoms with Crippen molar-refractivity contribution in [3.63, 3.8) is 0 Å². The molecule has 0 fully saturated rings. The number of nitrogens with zero attached hydrogens (tertiary/aromatic N) is 1. The van der Waals surface area contributed by atoms with Crippen LogP contribution in [-0.2, 0) is 6.42 Å². The van der Waals surface area contributed by atoms with Gasteiger partial charge >= 0.3 is 0 Å². The second-order valence-corrected chi connectivity index (χ2v) is 5.69. The SMILES string of the molecule is CCCCCN(C)C1Cc2ccccc2C1NCC. The first-order valence-corrected chi connectivity index (χ1v) is 7.79. The van der Waals surface area contributed by atoms with Gasteiger partial charge in [-0.3, -0.25) is 0 Å². The molecule has 1 aliphatic rings. The molecule has 2 nitrogen and oxygen atoms in total. The van der Waals surface area contributed by atoms with Crippen LogP contribution in [0.15, 0.2) is 24.3 Å². The number of rotatable bonds is 7. The quantitative estimate of drug-likeness (QED) is 0.756. The number of hydrogen-bond donors (Lipinski definition) is 1. The normalized spacial score (nSPS) is 21.9. The number of likely N-dealkylation sites (N-methyl/N-ethyl adjacent to an activating group) is 2. The van der Waals surface area contributed by atoms with Crippen molar-refractivity contribution in [1.82, 2.24) is 10.2 Å². The second kappa shape index (κ2) is 7.06. The molecule has 1 aromatic rings. The van der Waals surface area contributed by atoms with E-state index < -0.39 is 0 Å². The molecule has 0 saturated carbocycles. The van der Waals surface area contributed by atoms with Crippen LogP contribution < -0.4 is 5.32 Å². The van der Waals surface area contributed by atoms with E-state index in [4.69, 9.17) is 0 Å². The molecule has 0 saturated heterocycles. The van der Waals surface area contributed by atoms with Gasteiger partial charge in [0.25, 0.3) is 0 Å². The molecule has 2 unspecified atom stereocenters. The lowest BCUT2D eigenvalue weighted by Gasteiger charge is -2.30. The van der Waals surface area contributed by atoms with E-state index in [-0.39, 0.29) is 0 Å². The van der Waals surface area contributed by atoms with E-state index in [2.05, 4.69) is 55.4 Å². The molecule has 1 aliphatic carbocycles. The van der Waals surface area contributed by atoms with E-state index in [0.29, 0.717) is 12.1 Å². The number of hydrogen-bond acceptors (Lipinski definition) is 2. The minimum Gasteiger partial charge on any atom is -0.309 e. The van der Waals surface area contributed by atoms with Crippen molar-refractivity contribution in [1.29, 1.82) is 0 Å². The van der Waals surface area contributed by atoms with Crippen LogP contribution in [0.5, 0.6) is 0 Å². The minimum atomic E-state index is 0.507. The van der Waals surface area contributed by atoms with E-state index in [1.165, 1.54) is 43.4 Å². The highest BCUT2D eigenvalue weighted by Crippen LogP contribution is 2.34. The molecule has 0 amide bonds. The van der Waals surface area contributed by atoms with Gasteiger partial charge < -0.3 is 10.2 Å². The lowest BCUT2D eigenvalue weighted by atomic mass is 10.1. The van der Waals surface area contributed by atoms with Crippen molar-refractivity contribution in [3.05, 3.63) is 35.4 Å². The average Bonchev–Trinajstić information content (AvgIpc) is 2.79. The Morgan fingerprint density at radius 2 is 2.00 bits per heavy atom. The molecule has 0 aromatic heterocycles. The van der Waals surface area contributed by atoms with Crippen LogP contribution in [0, 0.1) is 0 Å². The Hall–Kier alpha value is -0.860. The van der Waals surface area contributed by atoms with E-state index in [9.17, 15) is 0 Å². The van der Waals surface area contributed by atoms with Crippen molar-refractivity contribution >= 4 is 0 Å². The standard InChI is InChI=1S/C17H28N2/c1-4-6-9-12-19(3)16-13-14-10-7-8-11-15(14)17(16)18-5-2/h7-8,10-11,16-18H,4-6,9,12-13H2,1-3H3. The van der Waals surface area contributed by atoms with Crippen LogP contribution in [0.1, 0.15) is 50.3 Å². The predicted molar refractivity (Wildman–Crippen MR) is 82.5 cm³/mol. The molecule has 0 radical (unpaired) electrons. The van der Waals surface area contributed by atoms with E-state index in [0.717, 1.165) is 6.54 Å². The molecule has 1 N–H and O–H groups in total. The van der Waals surface area contributed by atoms with Crippen LogP contribution in [0.2, 0.25) is 0 Å². The maximum atomic E-state index is 3.68. The molecule has 0 heterocycles. The van der Waals surface area contributed by atoms with Gasteiger partial charge in [-0.25, -0.2) is 0 Å². The summed E-state index contributed by atoms with van der Waals surface area (Å²) in [5.74, 6) is 0. The van der Waals surface area contributed by atoms with Gasteiger partial charge in [-0.1, -0.05) is 51.0 Å². The van der Waals surface area contributed by atoms with Crippen LogP contribution in [-0.4, -0.2) is 31.1 Å². The first-order chi connectivity index (χ1) is 9.27. The zero-order chi connectivity index (χ0) is 13.7. The van der Waals surface area contributed by atoms with Crippen molar-refractivity contribution in [3.8, 4) is 0 Å². The highest BCUT2D eigenvalue weighted by atomic mass is 15.2. The molecule has 2 atom stereocenters. The number of nitrogens with one attached hydrogen (secondary N) is 1. The molecule has 2 rings (SSSR count). The lowest BCUT2D eigenvalue weighted by Crippen LogP contribution is -2.41. The highest BCUT2D eigenvalue weighted by Gasteiger charge is 2.33. The maximum absolute atomic E-state index is 3.68. The summed E-state index contributed by atoms with van der Waals surface area (Å²) >= 11 is 0. The summed E-state index contributed by atoms with van der Waals surface area (Å²) < 4.78 is 0. The highest BCUT2D eigenvalue weighted by molar-refractivity contribution is 5.37. The van der Waals surface area contributed by atoms with Gasteiger partial charge in [0.2, 0.25) is 0 Å². The third-order valence-electron chi connectivity index (χ3n) is 4.31. The zero-order valence-corrected chi connectivity index (χ0v) is 12.7. The first-order valence-electron chi connectivity index (χ1n) is 7.79. The Balaban J connectivity index is 2.05. The molecule has 2 heteroatoms. The summed E-state index contributed by atoms with van der Waals surface area (Å²) in [6, 6.07) is 10.0. The summed E-state index contributed by atoms with van der Waals surface area (Å²) in [7, 11) is 2.29. The summed E-state index contributed by atoms with van der Waals surface area (Å²) in [6.45, 7) is 6.73. The molecule has 0 bridgehead atoms. The Morgan fingerprint density at radius 1 is 1.21 bits per heavy atom. The maximum Gasteiger partial charge on any atom is 0.0483 e. The topological polar surface area (TPSA) is 15.3 Å². The van der Waals surface area contributed by atoms with Crippen LogP contribution in [0.25, 0.3) is 0 Å². The third kappa shape index (κ3) is 3.37. The molecule has 0 aliphatic heterocycles. The fourth-order valence-corrected chi connectivity index (χ4v) is 3.23. The lowest BCUT2D eigenvalue weighted by molar-refractivity contribution is 0.201. The third-order valence-corrected chi connectivity index (χ3v) is 4.31. The molecule has 19 heavy (non-hydrogen) atoms. The van der Waals surface area contributed by atoms with Crippen LogP contribution in [0.3, 0.4) is 0 Å². The number of unbranched alkanes of at least 4 members (excludes halogenated alkanes) is 2. The van der Waals surface area contributed by atoms with Gasteiger partial charge in [-0.15, -0.1) is 0 Å². The van der Waals surface area contributed by atoms with Gasteiger partial charge in [0.15, 0.2) is 0 Å². The van der Waals surface area contributed by atoms with Gasteiger partial charge in [0.1, 0.15) is 0 Å². The summed E-state index contributed by atoms with van der Waals surface area (Å²) in [5, 5.41) is 3.68. The van der Waals surface area contributed by atoms with Crippen molar-refractivity contribution < 1.29 is 0 Å². The van der Waals surface area contributed by atoms with Crippen molar-refractivity contribution in [2.24, 2.45) is 0 Å². The number of fused-ring (bicyclic) bond motifs is 1. The Kier molecular flexibility index (Phi) is 5.41. The van der Waals surface area contributed by atoms with Crippen molar-refractivity contribution in [2.75, 3.05) is 20.1 Å². The molecular formula is C17H28N2. The first kappa shape index (κ1) is 14.5. The zero-order valence-electron chi connectivity index (χ0n) is 12.7. The Labute approximate surface area is 118 Å². The molecule has 106 valence electrons. The van der Waals surface area contributed by atoms with Gasteiger partial charge in [-0.2, -0.15) is 0 Å². The van der Waals surface area contributed by atoms with Gasteiger partial charge in [0.05, 0.1) is 0 Å². The van der Waals surface area contributed by atoms with Crippen molar-refractivity contribution in [2.45, 2.75) is 51.6 Å². The minimum absolute atomic E-state index is 0.507. The average molecular weight is 260 g/mol. The van der Waals surface area contributed by atoms with E-state index >= 15 is 0 Å². The fraction of sp³-hybridized carbons (Fsp3) is 0.647. The second-order valence-electron chi connectivity index (χ2n) is 5.69. The summed E-state index contributed by atoms with van der Waals surface area (Å²) in [6.07, 6.45) is 5.15. The Morgan fingerprint density at radius 3 is 2.74 bits per heavy atom. The molecule has 0 spiro atoms. The smallest absolute Gasteiger partial charge is 0.0483 e. The van der Waals surface area contributed by atoms with E-state index in [1.54, 1.807) is 0 Å². The fourth-order valence-electron chi connectivity index (χ4n) is 3.23.